The number of nitrogens with zero attached hydrogens (tertiary/aromatic N) is 3. The number of nitrogens with one attached hydrogen (secondary N) is 1. The molecule has 0 atom stereocenters. The highest BCUT2D eigenvalue weighted by Crippen LogP contribution is 2.20. The molecule has 0 aliphatic heterocycles. The number of hydrogen-bond acceptors (Lipinski definition) is 5. The van der Waals surface area contributed by atoms with E-state index in [2.05, 4.69) is 15.3 Å². The highest BCUT2D eigenvalue weighted by Gasteiger charge is 2.09. The van der Waals surface area contributed by atoms with E-state index in [1.807, 2.05) is 25.8 Å². The molecule has 84 valence electrons. The fourth-order valence-corrected chi connectivity index (χ4v) is 1.43. The first-order valence-corrected chi connectivity index (χ1v) is 5.08. The minimum absolute atomic E-state index is 0.122. The molecule has 0 fully saturated rings. The maximum atomic E-state index is 8.86. The Labute approximate surface area is 90.2 Å². The van der Waals surface area contributed by atoms with Crippen molar-refractivity contribution in [1.29, 1.82) is 0 Å². The Balaban J connectivity index is 2.92. The Kier molecular flexibility index (Phi) is 4.30. The predicted octanol–water partition coefficient (Wildman–Crippen LogP) is 0.645. The molecular weight excluding hydrogens is 192 g/mol. The number of rotatable bonds is 5. The van der Waals surface area contributed by atoms with E-state index in [9.17, 15) is 0 Å². The van der Waals surface area contributed by atoms with Gasteiger partial charge in [-0.25, -0.2) is 9.97 Å². The van der Waals surface area contributed by atoms with Gasteiger partial charge in [0.25, 0.3) is 0 Å². The van der Waals surface area contributed by atoms with Gasteiger partial charge in [0.15, 0.2) is 0 Å². The zero-order chi connectivity index (χ0) is 11.3. The van der Waals surface area contributed by atoms with Crippen molar-refractivity contribution in [2.75, 3.05) is 37.0 Å². The van der Waals surface area contributed by atoms with Gasteiger partial charge in [0.2, 0.25) is 0 Å². The van der Waals surface area contributed by atoms with Gasteiger partial charge in [0, 0.05) is 25.7 Å². The first-order valence-electron chi connectivity index (χ1n) is 5.08. The Bertz CT molecular complexity index is 316. The lowest BCUT2D eigenvalue weighted by Crippen LogP contribution is -2.23. The van der Waals surface area contributed by atoms with Gasteiger partial charge < -0.3 is 15.3 Å². The Morgan fingerprint density at radius 2 is 2.20 bits per heavy atom. The SMILES string of the molecule is CCNc1ncnc(N(C)CCO)c1C. The first kappa shape index (κ1) is 11.7. The summed E-state index contributed by atoms with van der Waals surface area (Å²) in [5.74, 6) is 1.71. The number of aliphatic hydroxyl groups is 1. The molecule has 0 aliphatic rings. The van der Waals surface area contributed by atoms with Crippen LogP contribution in [0.4, 0.5) is 11.6 Å². The molecule has 0 aliphatic carbocycles. The minimum Gasteiger partial charge on any atom is -0.395 e. The van der Waals surface area contributed by atoms with Crippen LogP contribution in [-0.4, -0.2) is 41.8 Å². The van der Waals surface area contributed by atoms with Crippen LogP contribution in [-0.2, 0) is 0 Å². The summed E-state index contributed by atoms with van der Waals surface area (Å²) in [4.78, 5) is 10.3. The number of anilines is 2. The van der Waals surface area contributed by atoms with Gasteiger partial charge in [-0.3, -0.25) is 0 Å². The monoisotopic (exact) mass is 210 g/mol. The van der Waals surface area contributed by atoms with E-state index < -0.39 is 0 Å². The van der Waals surface area contributed by atoms with Gasteiger partial charge in [-0.1, -0.05) is 0 Å². The third kappa shape index (κ3) is 2.79. The van der Waals surface area contributed by atoms with Crippen molar-refractivity contribution in [2.45, 2.75) is 13.8 Å². The lowest BCUT2D eigenvalue weighted by atomic mass is 10.3. The summed E-state index contributed by atoms with van der Waals surface area (Å²) in [6, 6.07) is 0. The van der Waals surface area contributed by atoms with E-state index in [1.165, 1.54) is 6.33 Å². The Hall–Kier alpha value is -1.36. The van der Waals surface area contributed by atoms with Crippen LogP contribution >= 0.6 is 0 Å². The highest BCUT2D eigenvalue weighted by molar-refractivity contribution is 5.57. The number of hydrogen-bond donors (Lipinski definition) is 2. The lowest BCUT2D eigenvalue weighted by Gasteiger charge is -2.19. The van der Waals surface area contributed by atoms with Crippen LogP contribution in [0.15, 0.2) is 6.33 Å². The number of aromatic nitrogens is 2. The summed E-state index contributed by atoms with van der Waals surface area (Å²) in [5, 5.41) is 12.0. The Morgan fingerprint density at radius 3 is 2.80 bits per heavy atom. The van der Waals surface area contributed by atoms with Crippen LogP contribution in [0.1, 0.15) is 12.5 Å². The quantitative estimate of drug-likeness (QED) is 0.747. The van der Waals surface area contributed by atoms with Crippen molar-refractivity contribution in [3.8, 4) is 0 Å². The Morgan fingerprint density at radius 1 is 1.47 bits per heavy atom. The van der Waals surface area contributed by atoms with E-state index >= 15 is 0 Å². The molecule has 0 amide bonds. The summed E-state index contributed by atoms with van der Waals surface area (Å²) in [6.45, 7) is 5.53. The van der Waals surface area contributed by atoms with Gasteiger partial charge >= 0.3 is 0 Å². The van der Waals surface area contributed by atoms with E-state index in [-0.39, 0.29) is 6.61 Å². The second kappa shape index (κ2) is 5.50. The molecule has 1 aromatic heterocycles. The van der Waals surface area contributed by atoms with Crippen molar-refractivity contribution in [2.24, 2.45) is 0 Å². The van der Waals surface area contributed by atoms with Crippen LogP contribution in [0.2, 0.25) is 0 Å². The molecule has 0 aromatic carbocycles. The molecule has 0 spiro atoms. The van der Waals surface area contributed by atoms with Gasteiger partial charge in [-0.15, -0.1) is 0 Å². The van der Waals surface area contributed by atoms with E-state index in [4.69, 9.17) is 5.11 Å². The van der Waals surface area contributed by atoms with E-state index in [1.54, 1.807) is 0 Å². The molecule has 0 saturated heterocycles. The van der Waals surface area contributed by atoms with Crippen molar-refractivity contribution in [1.82, 2.24) is 9.97 Å². The first-order chi connectivity index (χ1) is 7.20. The minimum atomic E-state index is 0.122. The van der Waals surface area contributed by atoms with Gasteiger partial charge in [0.1, 0.15) is 18.0 Å². The third-order valence-electron chi connectivity index (χ3n) is 2.20. The van der Waals surface area contributed by atoms with Crippen molar-refractivity contribution < 1.29 is 5.11 Å². The van der Waals surface area contributed by atoms with Crippen LogP contribution in [0.5, 0.6) is 0 Å². The molecule has 1 heterocycles. The molecular formula is C10H18N4O. The van der Waals surface area contributed by atoms with Gasteiger partial charge in [0.05, 0.1) is 6.61 Å². The predicted molar refractivity (Wildman–Crippen MR) is 61.3 cm³/mol. The van der Waals surface area contributed by atoms with Gasteiger partial charge in [-0.05, 0) is 13.8 Å². The average Bonchev–Trinajstić information content (AvgIpc) is 2.22. The zero-order valence-corrected chi connectivity index (χ0v) is 9.49. The number of aliphatic hydroxyl groups excluding tert-OH is 1. The maximum Gasteiger partial charge on any atom is 0.136 e. The van der Waals surface area contributed by atoms with Crippen molar-refractivity contribution in [3.05, 3.63) is 11.9 Å². The summed E-state index contributed by atoms with van der Waals surface area (Å²) in [5.41, 5.74) is 1.01. The summed E-state index contributed by atoms with van der Waals surface area (Å²) in [7, 11) is 1.90. The third-order valence-corrected chi connectivity index (χ3v) is 2.20. The van der Waals surface area contributed by atoms with Crippen LogP contribution in [0, 0.1) is 6.92 Å². The number of likely N-dealkylation sites (N-methyl/N-ethyl adjacent to an activating group) is 1. The highest BCUT2D eigenvalue weighted by atomic mass is 16.3. The average molecular weight is 210 g/mol. The molecule has 1 rings (SSSR count). The summed E-state index contributed by atoms with van der Waals surface area (Å²) in [6.07, 6.45) is 1.54. The molecule has 0 unspecified atom stereocenters. The van der Waals surface area contributed by atoms with Crippen LogP contribution in [0.3, 0.4) is 0 Å². The molecule has 0 bridgehead atoms. The smallest absolute Gasteiger partial charge is 0.136 e. The second-order valence-electron chi connectivity index (χ2n) is 3.35. The fourth-order valence-electron chi connectivity index (χ4n) is 1.43. The van der Waals surface area contributed by atoms with E-state index in [0.717, 1.165) is 23.7 Å². The summed E-state index contributed by atoms with van der Waals surface area (Å²) >= 11 is 0. The zero-order valence-electron chi connectivity index (χ0n) is 9.49. The second-order valence-corrected chi connectivity index (χ2v) is 3.35. The molecule has 2 N–H and O–H groups in total. The lowest BCUT2D eigenvalue weighted by molar-refractivity contribution is 0.304. The van der Waals surface area contributed by atoms with Crippen LogP contribution < -0.4 is 10.2 Å². The maximum absolute atomic E-state index is 8.86. The van der Waals surface area contributed by atoms with Crippen molar-refractivity contribution in [3.63, 3.8) is 0 Å². The molecule has 1 aromatic rings. The largest absolute Gasteiger partial charge is 0.395 e. The molecule has 5 nitrogen and oxygen atoms in total. The molecule has 5 heteroatoms. The topological polar surface area (TPSA) is 61.3 Å². The summed E-state index contributed by atoms with van der Waals surface area (Å²) < 4.78 is 0. The molecule has 0 radical (unpaired) electrons. The standard InChI is InChI=1S/C10H18N4O/c1-4-11-9-8(2)10(13-7-12-9)14(3)5-6-15/h7,15H,4-6H2,1-3H3,(H,11,12,13). The van der Waals surface area contributed by atoms with Gasteiger partial charge in [-0.2, -0.15) is 0 Å². The molecule has 0 saturated carbocycles. The normalized spacial score (nSPS) is 10.1. The fraction of sp³-hybridized carbons (Fsp3) is 0.600. The molecule has 15 heavy (non-hydrogen) atoms. The van der Waals surface area contributed by atoms with E-state index in [0.29, 0.717) is 6.54 Å². The van der Waals surface area contributed by atoms with Crippen molar-refractivity contribution >= 4 is 11.6 Å². The van der Waals surface area contributed by atoms with Crippen LogP contribution in [0.25, 0.3) is 0 Å².